The molecule has 0 saturated heterocycles. The Balaban J connectivity index is 2.01. The normalized spacial score (nSPS) is 23.6. The summed E-state index contributed by atoms with van der Waals surface area (Å²) >= 11 is 6.33. The Kier molecular flexibility index (Phi) is 4.07. The SMILES string of the molecule is COc1ccc2nc(C(C)Cl)n(CC3CCC(C)C3)c2n1. The van der Waals surface area contributed by atoms with Crippen molar-refractivity contribution in [1.82, 2.24) is 14.5 Å². The van der Waals surface area contributed by atoms with Gasteiger partial charge in [0.1, 0.15) is 11.3 Å². The van der Waals surface area contributed by atoms with Gasteiger partial charge in [-0.25, -0.2) is 4.98 Å². The zero-order valence-electron chi connectivity index (χ0n) is 12.8. The Morgan fingerprint density at radius 3 is 2.81 bits per heavy atom. The van der Waals surface area contributed by atoms with E-state index in [2.05, 4.69) is 21.5 Å². The van der Waals surface area contributed by atoms with Crippen LogP contribution in [-0.4, -0.2) is 21.6 Å². The number of ether oxygens (including phenoxy) is 1. The lowest BCUT2D eigenvalue weighted by Gasteiger charge is -2.15. The smallest absolute Gasteiger partial charge is 0.215 e. The van der Waals surface area contributed by atoms with E-state index in [1.807, 2.05) is 19.1 Å². The standard InChI is InChI=1S/C16H22ClN3O/c1-10-4-5-12(8-10)9-20-15(11(2)17)18-13-6-7-14(21-3)19-16(13)20/h6-7,10-12H,4-5,8-9H2,1-3H3. The molecule has 114 valence electrons. The highest BCUT2D eigenvalue weighted by Gasteiger charge is 2.25. The number of fused-ring (bicyclic) bond motifs is 1. The molecule has 0 radical (unpaired) electrons. The summed E-state index contributed by atoms with van der Waals surface area (Å²) in [7, 11) is 1.64. The predicted molar refractivity (Wildman–Crippen MR) is 84.9 cm³/mol. The molecule has 5 heteroatoms. The summed E-state index contributed by atoms with van der Waals surface area (Å²) < 4.78 is 7.44. The van der Waals surface area contributed by atoms with E-state index in [4.69, 9.17) is 16.3 Å². The average Bonchev–Trinajstić information content (AvgIpc) is 3.03. The first-order valence-electron chi connectivity index (χ1n) is 7.63. The van der Waals surface area contributed by atoms with Crippen molar-refractivity contribution < 1.29 is 4.74 Å². The van der Waals surface area contributed by atoms with Gasteiger partial charge in [-0.1, -0.05) is 13.3 Å². The van der Waals surface area contributed by atoms with Crippen LogP contribution in [0.2, 0.25) is 0 Å². The molecule has 1 fully saturated rings. The second-order valence-corrected chi connectivity index (χ2v) is 6.83. The highest BCUT2D eigenvalue weighted by atomic mass is 35.5. The zero-order chi connectivity index (χ0) is 15.0. The summed E-state index contributed by atoms with van der Waals surface area (Å²) in [5.74, 6) is 3.05. The van der Waals surface area contributed by atoms with Gasteiger partial charge in [0.25, 0.3) is 0 Å². The maximum absolute atomic E-state index is 6.33. The number of halogens is 1. The van der Waals surface area contributed by atoms with Gasteiger partial charge in [0.2, 0.25) is 5.88 Å². The van der Waals surface area contributed by atoms with Gasteiger partial charge < -0.3 is 9.30 Å². The second-order valence-electron chi connectivity index (χ2n) is 6.18. The number of methoxy groups -OCH3 is 1. The molecule has 3 unspecified atom stereocenters. The zero-order valence-corrected chi connectivity index (χ0v) is 13.6. The summed E-state index contributed by atoms with van der Waals surface area (Å²) in [6.45, 7) is 5.25. The summed E-state index contributed by atoms with van der Waals surface area (Å²) in [6, 6.07) is 3.80. The van der Waals surface area contributed by atoms with Crippen molar-refractivity contribution in [2.45, 2.75) is 45.0 Å². The molecule has 1 aliphatic rings. The Morgan fingerprint density at radius 1 is 1.38 bits per heavy atom. The summed E-state index contributed by atoms with van der Waals surface area (Å²) in [5, 5.41) is -0.121. The van der Waals surface area contributed by atoms with Gasteiger partial charge in [0.15, 0.2) is 5.65 Å². The molecular weight excluding hydrogens is 286 g/mol. The minimum Gasteiger partial charge on any atom is -0.481 e. The van der Waals surface area contributed by atoms with E-state index in [0.29, 0.717) is 11.8 Å². The van der Waals surface area contributed by atoms with Gasteiger partial charge in [0.05, 0.1) is 12.5 Å². The quantitative estimate of drug-likeness (QED) is 0.796. The predicted octanol–water partition coefficient (Wildman–Crippen LogP) is 4.18. The molecular formula is C16H22ClN3O. The van der Waals surface area contributed by atoms with Crippen molar-refractivity contribution in [3.8, 4) is 5.88 Å². The van der Waals surface area contributed by atoms with Crippen LogP contribution in [0.5, 0.6) is 5.88 Å². The van der Waals surface area contributed by atoms with Crippen LogP contribution in [0.15, 0.2) is 12.1 Å². The summed E-state index contributed by atoms with van der Waals surface area (Å²) in [6.07, 6.45) is 3.88. The lowest BCUT2D eigenvalue weighted by Crippen LogP contribution is -2.12. The molecule has 0 bridgehead atoms. The Morgan fingerprint density at radius 2 is 2.19 bits per heavy atom. The van der Waals surface area contributed by atoms with E-state index in [9.17, 15) is 0 Å². The van der Waals surface area contributed by atoms with Crippen LogP contribution >= 0.6 is 11.6 Å². The minimum atomic E-state index is -0.121. The molecule has 0 aromatic carbocycles. The fourth-order valence-electron chi connectivity index (χ4n) is 3.35. The van der Waals surface area contributed by atoms with E-state index in [-0.39, 0.29) is 5.38 Å². The van der Waals surface area contributed by atoms with Crippen molar-refractivity contribution in [1.29, 1.82) is 0 Å². The molecule has 2 aromatic heterocycles. The third-order valence-corrected chi connectivity index (χ3v) is 4.60. The molecule has 2 aromatic rings. The van der Waals surface area contributed by atoms with Gasteiger partial charge in [-0.05, 0) is 37.7 Å². The number of imidazole rings is 1. The number of aromatic nitrogens is 3. The van der Waals surface area contributed by atoms with Crippen LogP contribution in [0.25, 0.3) is 11.2 Å². The van der Waals surface area contributed by atoms with Crippen molar-refractivity contribution in [2.24, 2.45) is 11.8 Å². The van der Waals surface area contributed by atoms with Crippen molar-refractivity contribution in [3.63, 3.8) is 0 Å². The first kappa shape index (κ1) is 14.6. The monoisotopic (exact) mass is 307 g/mol. The molecule has 1 aliphatic carbocycles. The van der Waals surface area contributed by atoms with Crippen LogP contribution < -0.4 is 4.74 Å². The van der Waals surface area contributed by atoms with Crippen molar-refractivity contribution in [3.05, 3.63) is 18.0 Å². The Hall–Kier alpha value is -1.29. The molecule has 3 rings (SSSR count). The van der Waals surface area contributed by atoms with E-state index in [1.54, 1.807) is 7.11 Å². The summed E-state index contributed by atoms with van der Waals surface area (Å²) in [5.41, 5.74) is 1.78. The largest absolute Gasteiger partial charge is 0.481 e. The first-order chi connectivity index (χ1) is 10.1. The highest BCUT2D eigenvalue weighted by molar-refractivity contribution is 6.20. The molecule has 2 heterocycles. The molecule has 0 spiro atoms. The van der Waals surface area contributed by atoms with E-state index in [1.165, 1.54) is 19.3 Å². The van der Waals surface area contributed by atoms with Crippen LogP contribution in [-0.2, 0) is 6.54 Å². The van der Waals surface area contributed by atoms with Crippen molar-refractivity contribution >= 4 is 22.8 Å². The fourth-order valence-corrected chi connectivity index (χ4v) is 3.51. The summed E-state index contributed by atoms with van der Waals surface area (Å²) in [4.78, 5) is 9.24. The van der Waals surface area contributed by atoms with Crippen LogP contribution in [0.4, 0.5) is 0 Å². The van der Waals surface area contributed by atoms with E-state index < -0.39 is 0 Å². The third-order valence-electron chi connectivity index (χ3n) is 4.41. The number of hydrogen-bond acceptors (Lipinski definition) is 3. The number of rotatable bonds is 4. The lowest BCUT2D eigenvalue weighted by molar-refractivity contribution is 0.397. The topological polar surface area (TPSA) is 39.9 Å². The average molecular weight is 308 g/mol. The Bertz CT molecular complexity index is 638. The fraction of sp³-hybridized carbons (Fsp3) is 0.625. The first-order valence-corrected chi connectivity index (χ1v) is 8.07. The van der Waals surface area contributed by atoms with Gasteiger partial charge >= 0.3 is 0 Å². The molecule has 21 heavy (non-hydrogen) atoms. The van der Waals surface area contributed by atoms with Crippen molar-refractivity contribution in [2.75, 3.05) is 7.11 Å². The number of nitrogens with zero attached hydrogens (tertiary/aromatic N) is 3. The van der Waals surface area contributed by atoms with E-state index >= 15 is 0 Å². The van der Waals surface area contributed by atoms with E-state index in [0.717, 1.165) is 29.5 Å². The third kappa shape index (κ3) is 2.86. The second kappa shape index (κ2) is 5.84. The lowest BCUT2D eigenvalue weighted by atomic mass is 10.1. The number of hydrogen-bond donors (Lipinski definition) is 0. The molecule has 1 saturated carbocycles. The molecule has 4 nitrogen and oxygen atoms in total. The number of pyridine rings is 1. The van der Waals surface area contributed by atoms with Gasteiger partial charge in [0, 0.05) is 12.6 Å². The molecule has 0 N–H and O–H groups in total. The highest BCUT2D eigenvalue weighted by Crippen LogP contribution is 2.34. The maximum Gasteiger partial charge on any atom is 0.215 e. The Labute approximate surface area is 130 Å². The van der Waals surface area contributed by atoms with Crippen LogP contribution in [0, 0.1) is 11.8 Å². The van der Waals surface area contributed by atoms with Gasteiger partial charge in [-0.2, -0.15) is 4.98 Å². The molecule has 0 aliphatic heterocycles. The van der Waals surface area contributed by atoms with Crippen LogP contribution in [0.1, 0.15) is 44.3 Å². The molecule has 3 atom stereocenters. The van der Waals surface area contributed by atoms with Crippen LogP contribution in [0.3, 0.4) is 0 Å². The maximum atomic E-state index is 6.33. The minimum absolute atomic E-state index is 0.121. The van der Waals surface area contributed by atoms with Gasteiger partial charge in [-0.15, -0.1) is 11.6 Å². The molecule has 0 amide bonds. The number of alkyl halides is 1. The van der Waals surface area contributed by atoms with Gasteiger partial charge in [-0.3, -0.25) is 0 Å².